The van der Waals surface area contributed by atoms with E-state index in [1.54, 1.807) is 0 Å². The molecule has 0 radical (unpaired) electrons. The third kappa shape index (κ3) is 5.12. The summed E-state index contributed by atoms with van der Waals surface area (Å²) in [5, 5.41) is 12.3. The van der Waals surface area contributed by atoms with Crippen LogP contribution in [0.15, 0.2) is 200 Å². The van der Waals surface area contributed by atoms with Gasteiger partial charge in [0, 0.05) is 32.5 Å². The molecular weight excluding hydrogens is 791 g/mol. The van der Waals surface area contributed by atoms with Gasteiger partial charge in [0.2, 0.25) is 11.9 Å². The van der Waals surface area contributed by atoms with Gasteiger partial charge in [0.1, 0.15) is 0 Å². The summed E-state index contributed by atoms with van der Waals surface area (Å²) in [6.45, 7) is 4.73. The van der Waals surface area contributed by atoms with Crippen molar-refractivity contribution in [2.24, 2.45) is 0 Å². The molecule has 0 spiro atoms. The highest BCUT2D eigenvalue weighted by atomic mass is 15.3. The Morgan fingerprint density at radius 1 is 0.308 bits per heavy atom. The second-order valence-electron chi connectivity index (χ2n) is 18.0. The Bertz CT molecular complexity index is 3910. The summed E-state index contributed by atoms with van der Waals surface area (Å²) in [5.41, 5.74) is 12.8. The first kappa shape index (κ1) is 36.1. The Morgan fingerprint density at radius 2 is 0.723 bits per heavy atom. The molecule has 13 aromatic rings. The van der Waals surface area contributed by atoms with Crippen molar-refractivity contribution in [2.45, 2.75) is 19.3 Å². The van der Waals surface area contributed by atoms with Crippen LogP contribution >= 0.6 is 0 Å². The van der Waals surface area contributed by atoms with Crippen LogP contribution in [0.3, 0.4) is 0 Å². The molecule has 0 atom stereocenters. The molecule has 0 fully saturated rings. The van der Waals surface area contributed by atoms with Gasteiger partial charge >= 0.3 is 0 Å². The number of hydrogen-bond donors (Lipinski definition) is 0. The van der Waals surface area contributed by atoms with Crippen molar-refractivity contribution >= 4 is 75.9 Å². The highest BCUT2D eigenvalue weighted by Gasteiger charge is 2.35. The SMILES string of the molecule is CC1(C)c2ccccc2-c2cc3c4ccccc4c4cc(-c5ccc(-c6nc(-n7c8ccccc8c8ccccc87)nc(-n7c8ccccc8c8ccccc87)n6)cc5)ccc4c3cc21. The largest absolute Gasteiger partial charge is 0.278 e. The van der Waals surface area contributed by atoms with Gasteiger partial charge in [-0.15, -0.1) is 0 Å². The lowest BCUT2D eigenvalue weighted by Gasteiger charge is -2.22. The molecule has 3 aromatic heterocycles. The topological polar surface area (TPSA) is 48.5 Å². The number of hydrogen-bond acceptors (Lipinski definition) is 3. The number of fused-ring (bicyclic) bond motifs is 15. The Balaban J connectivity index is 0.940. The molecule has 0 saturated carbocycles. The van der Waals surface area contributed by atoms with Crippen LogP contribution in [-0.4, -0.2) is 24.1 Å². The summed E-state index contributed by atoms with van der Waals surface area (Å²) in [5.74, 6) is 1.74. The quantitative estimate of drug-likeness (QED) is 0.166. The van der Waals surface area contributed by atoms with E-state index < -0.39 is 0 Å². The van der Waals surface area contributed by atoms with Crippen LogP contribution < -0.4 is 0 Å². The molecule has 0 saturated heterocycles. The van der Waals surface area contributed by atoms with Gasteiger partial charge in [-0.25, -0.2) is 0 Å². The Morgan fingerprint density at radius 3 is 1.28 bits per heavy atom. The van der Waals surface area contributed by atoms with Crippen LogP contribution in [0, 0.1) is 0 Å². The number of aromatic nitrogens is 5. The molecule has 304 valence electrons. The average molecular weight is 830 g/mol. The zero-order valence-electron chi connectivity index (χ0n) is 35.8. The maximum Gasteiger partial charge on any atom is 0.240 e. The molecule has 0 bridgehead atoms. The normalized spacial score (nSPS) is 13.2. The van der Waals surface area contributed by atoms with Gasteiger partial charge in [-0.05, 0) is 108 Å². The number of benzene rings is 10. The first-order valence-corrected chi connectivity index (χ1v) is 22.4. The molecule has 65 heavy (non-hydrogen) atoms. The third-order valence-electron chi connectivity index (χ3n) is 14.2. The van der Waals surface area contributed by atoms with Crippen LogP contribution in [0.1, 0.15) is 25.0 Å². The molecule has 14 rings (SSSR count). The van der Waals surface area contributed by atoms with Gasteiger partial charge in [-0.3, -0.25) is 9.13 Å². The van der Waals surface area contributed by atoms with Gasteiger partial charge < -0.3 is 0 Å². The lowest BCUT2D eigenvalue weighted by atomic mass is 9.81. The number of rotatable bonds is 4. The second-order valence-corrected chi connectivity index (χ2v) is 18.0. The molecule has 0 aliphatic heterocycles. The standard InChI is InChI=1S/C60H39N5/c1-60(2)51-22-10-5-17-42(51)50-34-48-40-16-4-3-15-39(40)47-33-38(31-32-41(47)49(48)35-52(50)60)36-27-29-37(30-28-36)57-61-58(64-53-23-11-6-18-43(53)44-19-7-12-24-54(44)64)63-59(62-57)65-55-25-13-8-20-45(55)46-21-9-14-26-56(46)65/h3-35H,1-2H3. The minimum Gasteiger partial charge on any atom is -0.278 e. The summed E-state index contributed by atoms with van der Waals surface area (Å²) < 4.78 is 4.36. The van der Waals surface area contributed by atoms with Crippen molar-refractivity contribution < 1.29 is 0 Å². The van der Waals surface area contributed by atoms with Gasteiger partial charge in [-0.1, -0.05) is 172 Å². The molecule has 3 heterocycles. The summed E-state index contributed by atoms with van der Waals surface area (Å²) in [6, 6.07) is 72.4. The van der Waals surface area contributed by atoms with Crippen LogP contribution in [0.25, 0.3) is 121 Å². The maximum absolute atomic E-state index is 5.33. The van der Waals surface area contributed by atoms with Crippen LogP contribution in [-0.2, 0) is 5.41 Å². The number of para-hydroxylation sites is 4. The summed E-state index contributed by atoms with van der Waals surface area (Å²) in [4.78, 5) is 15.9. The zero-order valence-corrected chi connectivity index (χ0v) is 35.8. The van der Waals surface area contributed by atoms with Gasteiger partial charge in [0.15, 0.2) is 5.82 Å². The minimum atomic E-state index is -0.0766. The highest BCUT2D eigenvalue weighted by molar-refractivity contribution is 6.26. The van der Waals surface area contributed by atoms with E-state index in [1.165, 1.54) is 54.6 Å². The van der Waals surface area contributed by atoms with Gasteiger partial charge in [0.05, 0.1) is 22.1 Å². The first-order chi connectivity index (χ1) is 32.0. The Labute approximate surface area is 374 Å². The lowest BCUT2D eigenvalue weighted by molar-refractivity contribution is 0.661. The molecule has 1 aliphatic carbocycles. The van der Waals surface area contributed by atoms with E-state index in [1.807, 2.05) is 0 Å². The van der Waals surface area contributed by atoms with Crippen LogP contribution in [0.5, 0.6) is 0 Å². The molecule has 5 nitrogen and oxygen atoms in total. The van der Waals surface area contributed by atoms with E-state index in [-0.39, 0.29) is 5.41 Å². The van der Waals surface area contributed by atoms with Gasteiger partial charge in [-0.2, -0.15) is 15.0 Å². The van der Waals surface area contributed by atoms with Crippen molar-refractivity contribution in [3.05, 3.63) is 211 Å². The summed E-state index contributed by atoms with van der Waals surface area (Å²) >= 11 is 0. The molecule has 0 amide bonds. The molecule has 1 aliphatic rings. The molecule has 5 heteroatoms. The zero-order chi connectivity index (χ0) is 43.0. The molecular formula is C60H39N5. The van der Waals surface area contributed by atoms with E-state index in [9.17, 15) is 0 Å². The maximum atomic E-state index is 5.33. The number of nitrogens with zero attached hydrogens (tertiary/aromatic N) is 5. The fourth-order valence-electron chi connectivity index (χ4n) is 11.1. The van der Waals surface area contributed by atoms with Gasteiger partial charge in [0.25, 0.3) is 0 Å². The molecule has 0 unspecified atom stereocenters. The van der Waals surface area contributed by atoms with Crippen molar-refractivity contribution in [3.8, 4) is 45.5 Å². The van der Waals surface area contributed by atoms with E-state index in [2.05, 4.69) is 223 Å². The lowest BCUT2D eigenvalue weighted by Crippen LogP contribution is -2.14. The average Bonchev–Trinajstić information content (AvgIpc) is 3.96. The van der Waals surface area contributed by atoms with E-state index in [0.717, 1.165) is 60.3 Å². The Hall–Kier alpha value is -8.41. The minimum absolute atomic E-state index is 0.0766. The monoisotopic (exact) mass is 829 g/mol. The first-order valence-electron chi connectivity index (χ1n) is 22.4. The van der Waals surface area contributed by atoms with E-state index >= 15 is 0 Å². The smallest absolute Gasteiger partial charge is 0.240 e. The van der Waals surface area contributed by atoms with Crippen LogP contribution in [0.2, 0.25) is 0 Å². The predicted octanol–water partition coefficient (Wildman–Crippen LogP) is 15.2. The highest BCUT2D eigenvalue weighted by Crippen LogP contribution is 2.51. The van der Waals surface area contributed by atoms with E-state index in [4.69, 9.17) is 15.0 Å². The predicted molar refractivity (Wildman–Crippen MR) is 269 cm³/mol. The second kappa shape index (κ2) is 13.3. The van der Waals surface area contributed by atoms with Crippen molar-refractivity contribution in [2.75, 3.05) is 0 Å². The molecule has 0 N–H and O–H groups in total. The third-order valence-corrected chi connectivity index (χ3v) is 14.2. The fraction of sp³-hybridized carbons (Fsp3) is 0.0500. The molecule has 10 aromatic carbocycles. The van der Waals surface area contributed by atoms with E-state index in [0.29, 0.717) is 17.7 Å². The Kier molecular flexibility index (Phi) is 7.39. The fourth-order valence-corrected chi connectivity index (χ4v) is 11.1. The summed E-state index contributed by atoms with van der Waals surface area (Å²) in [7, 11) is 0. The summed E-state index contributed by atoms with van der Waals surface area (Å²) in [6.07, 6.45) is 0. The van der Waals surface area contributed by atoms with Crippen molar-refractivity contribution in [1.29, 1.82) is 0 Å². The van der Waals surface area contributed by atoms with Crippen molar-refractivity contribution in [1.82, 2.24) is 24.1 Å². The van der Waals surface area contributed by atoms with Crippen molar-refractivity contribution in [3.63, 3.8) is 0 Å². The van der Waals surface area contributed by atoms with Crippen LogP contribution in [0.4, 0.5) is 0 Å².